The summed E-state index contributed by atoms with van der Waals surface area (Å²) in [6.07, 6.45) is 1.96. The predicted molar refractivity (Wildman–Crippen MR) is 88.2 cm³/mol. The molecule has 3 aromatic rings. The number of aryl methyl sites for hydroxylation is 1. The van der Waals surface area contributed by atoms with Crippen molar-refractivity contribution >= 4 is 10.9 Å². The van der Waals surface area contributed by atoms with Crippen molar-refractivity contribution in [3.63, 3.8) is 0 Å². The van der Waals surface area contributed by atoms with Crippen LogP contribution in [0.5, 0.6) is 0 Å². The molecule has 1 heterocycles. The Balaban J connectivity index is 1.69. The Labute approximate surface area is 125 Å². The van der Waals surface area contributed by atoms with Crippen molar-refractivity contribution in [1.29, 1.82) is 0 Å². The summed E-state index contributed by atoms with van der Waals surface area (Å²) >= 11 is 0. The van der Waals surface area contributed by atoms with Gasteiger partial charge in [0.25, 0.3) is 0 Å². The van der Waals surface area contributed by atoms with Crippen LogP contribution in [0, 0.1) is 6.92 Å². The van der Waals surface area contributed by atoms with Gasteiger partial charge in [-0.3, -0.25) is 4.98 Å². The molecule has 0 saturated heterocycles. The maximum atomic E-state index is 4.50. The first kappa shape index (κ1) is 13.8. The van der Waals surface area contributed by atoms with E-state index in [4.69, 9.17) is 0 Å². The molecule has 3 rings (SSSR count). The number of hydrogen-bond acceptors (Lipinski definition) is 2. The number of fused-ring (bicyclic) bond motifs is 1. The van der Waals surface area contributed by atoms with Gasteiger partial charge in [-0.2, -0.15) is 0 Å². The Kier molecular flexibility index (Phi) is 3.98. The van der Waals surface area contributed by atoms with Gasteiger partial charge in [0, 0.05) is 24.2 Å². The average molecular weight is 276 g/mol. The Morgan fingerprint density at radius 1 is 1.05 bits per heavy atom. The third-order valence-corrected chi connectivity index (χ3v) is 3.84. The summed E-state index contributed by atoms with van der Waals surface area (Å²) in [7, 11) is 0. The van der Waals surface area contributed by atoms with Crippen molar-refractivity contribution < 1.29 is 0 Å². The highest BCUT2D eigenvalue weighted by Gasteiger charge is 2.05. The molecule has 0 aliphatic rings. The molecule has 0 saturated carbocycles. The molecule has 0 radical (unpaired) electrons. The first-order valence-corrected chi connectivity index (χ1v) is 7.36. The number of para-hydroxylation sites is 1. The van der Waals surface area contributed by atoms with Crippen LogP contribution in [0.1, 0.15) is 29.7 Å². The molecule has 2 nitrogen and oxygen atoms in total. The van der Waals surface area contributed by atoms with Crippen molar-refractivity contribution in [2.24, 2.45) is 0 Å². The van der Waals surface area contributed by atoms with Crippen LogP contribution in [0.15, 0.2) is 60.8 Å². The molecular formula is C19H20N2. The van der Waals surface area contributed by atoms with Gasteiger partial charge >= 0.3 is 0 Å². The minimum Gasteiger partial charge on any atom is -0.306 e. The molecule has 2 heteroatoms. The number of aromatic nitrogens is 1. The van der Waals surface area contributed by atoms with Crippen LogP contribution in [0.25, 0.3) is 10.9 Å². The zero-order valence-electron chi connectivity index (χ0n) is 12.5. The summed E-state index contributed by atoms with van der Waals surface area (Å²) in [6, 6.07) is 19.4. The Morgan fingerprint density at radius 3 is 2.62 bits per heavy atom. The zero-order chi connectivity index (χ0) is 14.7. The van der Waals surface area contributed by atoms with Crippen LogP contribution >= 0.6 is 0 Å². The topological polar surface area (TPSA) is 24.9 Å². The Morgan fingerprint density at radius 2 is 1.81 bits per heavy atom. The highest BCUT2D eigenvalue weighted by molar-refractivity contribution is 5.78. The second-order valence-electron chi connectivity index (χ2n) is 5.55. The molecule has 1 unspecified atom stereocenters. The van der Waals surface area contributed by atoms with Gasteiger partial charge in [-0.05, 0) is 37.1 Å². The lowest BCUT2D eigenvalue weighted by Gasteiger charge is -2.14. The molecule has 0 bridgehead atoms. The average Bonchev–Trinajstić information content (AvgIpc) is 2.53. The minimum atomic E-state index is 0.331. The van der Waals surface area contributed by atoms with Crippen molar-refractivity contribution in [3.8, 4) is 0 Å². The number of rotatable bonds is 4. The van der Waals surface area contributed by atoms with E-state index in [0.29, 0.717) is 6.04 Å². The van der Waals surface area contributed by atoms with Gasteiger partial charge in [-0.15, -0.1) is 0 Å². The highest BCUT2D eigenvalue weighted by atomic mass is 14.9. The molecule has 0 amide bonds. The summed E-state index contributed by atoms with van der Waals surface area (Å²) in [5.41, 5.74) is 4.87. The standard InChI is InChI=1S/C19H20N2/c1-14-7-9-17(10-8-14)15(2)20-12-16-11-18-5-3-4-6-19(18)21-13-16/h3-11,13,15,20H,12H2,1-2H3. The van der Waals surface area contributed by atoms with Gasteiger partial charge in [0.15, 0.2) is 0 Å². The van der Waals surface area contributed by atoms with E-state index in [1.807, 2.05) is 18.3 Å². The SMILES string of the molecule is Cc1ccc(C(C)NCc2cnc3ccccc3c2)cc1. The van der Waals surface area contributed by atoms with E-state index < -0.39 is 0 Å². The first-order chi connectivity index (χ1) is 10.2. The van der Waals surface area contributed by atoms with Gasteiger partial charge in [-0.25, -0.2) is 0 Å². The van der Waals surface area contributed by atoms with Crippen LogP contribution in [0.4, 0.5) is 0 Å². The van der Waals surface area contributed by atoms with Crippen LogP contribution in [0.2, 0.25) is 0 Å². The molecule has 0 fully saturated rings. The van der Waals surface area contributed by atoms with Crippen molar-refractivity contribution in [1.82, 2.24) is 10.3 Å². The van der Waals surface area contributed by atoms with E-state index >= 15 is 0 Å². The summed E-state index contributed by atoms with van der Waals surface area (Å²) in [5, 5.41) is 4.75. The van der Waals surface area contributed by atoms with Gasteiger partial charge in [-0.1, -0.05) is 48.0 Å². The monoisotopic (exact) mass is 276 g/mol. The molecule has 1 aromatic heterocycles. The normalized spacial score (nSPS) is 12.5. The molecular weight excluding hydrogens is 256 g/mol. The molecule has 106 valence electrons. The zero-order valence-corrected chi connectivity index (χ0v) is 12.5. The molecule has 2 aromatic carbocycles. The maximum Gasteiger partial charge on any atom is 0.0702 e. The number of pyridine rings is 1. The fourth-order valence-corrected chi connectivity index (χ4v) is 2.46. The Hall–Kier alpha value is -2.19. The number of hydrogen-bond donors (Lipinski definition) is 1. The fourth-order valence-electron chi connectivity index (χ4n) is 2.46. The van der Waals surface area contributed by atoms with E-state index in [9.17, 15) is 0 Å². The molecule has 0 spiro atoms. The lowest BCUT2D eigenvalue weighted by molar-refractivity contribution is 0.574. The minimum absolute atomic E-state index is 0.331. The molecule has 1 atom stereocenters. The van der Waals surface area contributed by atoms with Crippen molar-refractivity contribution in [2.75, 3.05) is 0 Å². The van der Waals surface area contributed by atoms with Gasteiger partial charge in [0.1, 0.15) is 0 Å². The highest BCUT2D eigenvalue weighted by Crippen LogP contribution is 2.16. The Bertz CT molecular complexity index is 732. The smallest absolute Gasteiger partial charge is 0.0702 e. The van der Waals surface area contributed by atoms with Gasteiger partial charge < -0.3 is 5.32 Å². The molecule has 21 heavy (non-hydrogen) atoms. The second-order valence-corrected chi connectivity index (χ2v) is 5.55. The van der Waals surface area contributed by atoms with E-state index in [1.165, 1.54) is 22.1 Å². The molecule has 0 aliphatic heterocycles. The van der Waals surface area contributed by atoms with Gasteiger partial charge in [0.05, 0.1) is 5.52 Å². The number of nitrogens with one attached hydrogen (secondary N) is 1. The van der Waals surface area contributed by atoms with Gasteiger partial charge in [0.2, 0.25) is 0 Å². The van der Waals surface area contributed by atoms with E-state index in [-0.39, 0.29) is 0 Å². The van der Waals surface area contributed by atoms with Crippen LogP contribution in [0.3, 0.4) is 0 Å². The van der Waals surface area contributed by atoms with E-state index in [1.54, 1.807) is 0 Å². The predicted octanol–water partition coefficient (Wildman–Crippen LogP) is 4.39. The van der Waals surface area contributed by atoms with E-state index in [0.717, 1.165) is 12.1 Å². The molecule has 1 N–H and O–H groups in total. The quantitative estimate of drug-likeness (QED) is 0.764. The summed E-state index contributed by atoms with van der Waals surface area (Å²) in [5.74, 6) is 0. The summed E-state index contributed by atoms with van der Waals surface area (Å²) < 4.78 is 0. The largest absolute Gasteiger partial charge is 0.306 e. The second kappa shape index (κ2) is 6.06. The third-order valence-electron chi connectivity index (χ3n) is 3.84. The van der Waals surface area contributed by atoms with Crippen molar-refractivity contribution in [3.05, 3.63) is 77.5 Å². The summed E-state index contributed by atoms with van der Waals surface area (Å²) in [6.45, 7) is 5.13. The maximum absolute atomic E-state index is 4.50. The summed E-state index contributed by atoms with van der Waals surface area (Å²) in [4.78, 5) is 4.50. The van der Waals surface area contributed by atoms with Crippen LogP contribution < -0.4 is 5.32 Å². The molecule has 0 aliphatic carbocycles. The third kappa shape index (κ3) is 3.29. The number of nitrogens with zero attached hydrogens (tertiary/aromatic N) is 1. The van der Waals surface area contributed by atoms with Crippen LogP contribution in [-0.4, -0.2) is 4.98 Å². The lowest BCUT2D eigenvalue weighted by Crippen LogP contribution is -2.18. The van der Waals surface area contributed by atoms with E-state index in [2.05, 4.69) is 66.6 Å². The number of benzene rings is 2. The van der Waals surface area contributed by atoms with Crippen LogP contribution in [-0.2, 0) is 6.54 Å². The fraction of sp³-hybridized carbons (Fsp3) is 0.211. The van der Waals surface area contributed by atoms with Crippen molar-refractivity contribution in [2.45, 2.75) is 26.4 Å². The lowest BCUT2D eigenvalue weighted by atomic mass is 10.1. The first-order valence-electron chi connectivity index (χ1n) is 7.36.